The summed E-state index contributed by atoms with van der Waals surface area (Å²) >= 11 is 0. The minimum Gasteiger partial charge on any atom is -0.313 e. The molecule has 3 unspecified atom stereocenters. The first-order valence-electron chi connectivity index (χ1n) is 8.45. The first-order valence-corrected chi connectivity index (χ1v) is 8.45. The summed E-state index contributed by atoms with van der Waals surface area (Å²) in [5.41, 5.74) is 2.02. The van der Waals surface area contributed by atoms with E-state index in [-0.39, 0.29) is 5.82 Å². The van der Waals surface area contributed by atoms with Crippen molar-refractivity contribution in [3.05, 3.63) is 35.6 Å². The zero-order chi connectivity index (χ0) is 14.7. The molecule has 0 saturated heterocycles. The van der Waals surface area contributed by atoms with Gasteiger partial charge in [0.05, 0.1) is 0 Å². The van der Waals surface area contributed by atoms with E-state index < -0.39 is 0 Å². The number of nitrogens with one attached hydrogen (secondary N) is 1. The van der Waals surface area contributed by atoms with E-state index in [4.69, 9.17) is 0 Å². The summed E-state index contributed by atoms with van der Waals surface area (Å²) in [7, 11) is 2.05. The zero-order valence-corrected chi connectivity index (χ0v) is 13.2. The van der Waals surface area contributed by atoms with Crippen LogP contribution in [0.2, 0.25) is 0 Å². The van der Waals surface area contributed by atoms with Crippen LogP contribution in [0.15, 0.2) is 24.3 Å². The maximum Gasteiger partial charge on any atom is 0.123 e. The Morgan fingerprint density at radius 3 is 2.48 bits per heavy atom. The summed E-state index contributed by atoms with van der Waals surface area (Å²) in [6.45, 7) is 2.50. The van der Waals surface area contributed by atoms with E-state index in [1.54, 1.807) is 12.1 Å². The topological polar surface area (TPSA) is 12.0 Å². The van der Waals surface area contributed by atoms with Crippen molar-refractivity contribution in [1.82, 2.24) is 5.32 Å². The van der Waals surface area contributed by atoms with Crippen molar-refractivity contribution < 1.29 is 4.39 Å². The second kappa shape index (κ2) is 4.55. The minimum atomic E-state index is -0.108. The molecule has 1 aromatic rings. The molecule has 0 aromatic heterocycles. The molecule has 114 valence electrons. The van der Waals surface area contributed by atoms with Crippen LogP contribution in [0.5, 0.6) is 0 Å². The van der Waals surface area contributed by atoms with E-state index in [2.05, 4.69) is 25.4 Å². The molecule has 5 rings (SSSR count). The van der Waals surface area contributed by atoms with Gasteiger partial charge in [-0.15, -0.1) is 0 Å². The van der Waals surface area contributed by atoms with Crippen molar-refractivity contribution in [2.75, 3.05) is 7.05 Å². The predicted molar refractivity (Wildman–Crippen MR) is 83.4 cm³/mol. The number of rotatable bonds is 3. The lowest BCUT2D eigenvalue weighted by atomic mass is 9.43. The van der Waals surface area contributed by atoms with Gasteiger partial charge in [-0.25, -0.2) is 4.39 Å². The summed E-state index contributed by atoms with van der Waals surface area (Å²) in [5, 5.41) is 3.55. The summed E-state index contributed by atoms with van der Waals surface area (Å²) in [5.74, 6) is 1.70. The van der Waals surface area contributed by atoms with Crippen molar-refractivity contribution >= 4 is 0 Å². The number of hydrogen-bond acceptors (Lipinski definition) is 1. The molecule has 4 aliphatic rings. The van der Waals surface area contributed by atoms with Crippen molar-refractivity contribution in [3.63, 3.8) is 0 Å². The average molecular weight is 287 g/mol. The lowest BCUT2D eigenvalue weighted by molar-refractivity contribution is -0.118. The van der Waals surface area contributed by atoms with Gasteiger partial charge in [0.2, 0.25) is 0 Å². The lowest BCUT2D eigenvalue weighted by Crippen LogP contribution is -2.55. The number of hydrogen-bond donors (Lipinski definition) is 1. The second-order valence-corrected chi connectivity index (χ2v) is 8.41. The molecule has 0 spiro atoms. The monoisotopic (exact) mass is 287 g/mol. The molecule has 0 aliphatic heterocycles. The third-order valence-electron chi connectivity index (χ3n) is 6.48. The fourth-order valence-electron chi connectivity index (χ4n) is 6.65. The lowest BCUT2D eigenvalue weighted by Gasteiger charge is -2.63. The summed E-state index contributed by atoms with van der Waals surface area (Å²) in [4.78, 5) is 0. The van der Waals surface area contributed by atoms with E-state index in [1.807, 2.05) is 6.07 Å². The van der Waals surface area contributed by atoms with Crippen molar-refractivity contribution in [2.45, 2.75) is 51.5 Å². The van der Waals surface area contributed by atoms with Gasteiger partial charge in [-0.2, -0.15) is 0 Å². The summed E-state index contributed by atoms with van der Waals surface area (Å²) < 4.78 is 13.7. The Bertz CT molecular complexity index is 538. The van der Waals surface area contributed by atoms with Crippen LogP contribution in [0.4, 0.5) is 4.39 Å². The second-order valence-electron chi connectivity index (χ2n) is 8.41. The average Bonchev–Trinajstić information content (AvgIpc) is 2.36. The highest BCUT2D eigenvalue weighted by molar-refractivity contribution is 5.25. The Labute approximate surface area is 127 Å². The van der Waals surface area contributed by atoms with Crippen LogP contribution in [0.3, 0.4) is 0 Å². The third kappa shape index (κ3) is 2.14. The van der Waals surface area contributed by atoms with Gasteiger partial charge in [-0.05, 0) is 85.9 Å². The van der Waals surface area contributed by atoms with Gasteiger partial charge < -0.3 is 5.32 Å². The van der Waals surface area contributed by atoms with Gasteiger partial charge in [0.25, 0.3) is 0 Å². The van der Waals surface area contributed by atoms with E-state index in [9.17, 15) is 4.39 Å². The van der Waals surface area contributed by atoms with Crippen molar-refractivity contribution in [3.8, 4) is 0 Å². The fourth-order valence-corrected chi connectivity index (χ4v) is 6.65. The molecule has 1 nitrogen and oxygen atoms in total. The SMILES string of the molecule is CNC(c1cccc(F)c1)C12CC3CC(CC(C)(C3)C1)C2. The van der Waals surface area contributed by atoms with E-state index in [0.29, 0.717) is 16.9 Å². The molecular weight excluding hydrogens is 261 g/mol. The first kappa shape index (κ1) is 13.8. The van der Waals surface area contributed by atoms with Crippen molar-refractivity contribution in [2.24, 2.45) is 22.7 Å². The first-order chi connectivity index (χ1) is 10.0. The van der Waals surface area contributed by atoms with E-state index >= 15 is 0 Å². The van der Waals surface area contributed by atoms with Crippen LogP contribution >= 0.6 is 0 Å². The molecule has 4 bridgehead atoms. The van der Waals surface area contributed by atoms with E-state index in [0.717, 1.165) is 17.4 Å². The molecule has 21 heavy (non-hydrogen) atoms. The Balaban J connectivity index is 1.73. The predicted octanol–water partition coefficient (Wildman–Crippen LogP) is 4.69. The molecular formula is C19H26FN. The van der Waals surface area contributed by atoms with Gasteiger partial charge in [-0.3, -0.25) is 0 Å². The quantitative estimate of drug-likeness (QED) is 0.850. The summed E-state index contributed by atoms with van der Waals surface area (Å²) in [6.07, 6.45) is 8.27. The molecule has 0 heterocycles. The standard InChI is InChI=1S/C19H26FN/c1-18-8-13-6-14(9-18)11-19(10-13,12-18)17(21-2)15-4-3-5-16(20)7-15/h3-5,7,13-14,17,21H,6,8-12H2,1-2H3. The normalized spacial score (nSPS) is 42.2. The van der Waals surface area contributed by atoms with Crippen LogP contribution in [0.25, 0.3) is 0 Å². The van der Waals surface area contributed by atoms with Crippen LogP contribution < -0.4 is 5.32 Å². The van der Waals surface area contributed by atoms with Gasteiger partial charge >= 0.3 is 0 Å². The van der Waals surface area contributed by atoms with Crippen LogP contribution in [0, 0.1) is 28.5 Å². The summed E-state index contributed by atoms with van der Waals surface area (Å²) in [6, 6.07) is 7.56. The highest BCUT2D eigenvalue weighted by atomic mass is 19.1. The van der Waals surface area contributed by atoms with E-state index in [1.165, 1.54) is 38.5 Å². The van der Waals surface area contributed by atoms with Gasteiger partial charge in [0.1, 0.15) is 5.82 Å². The minimum absolute atomic E-state index is 0.108. The molecule has 1 N–H and O–H groups in total. The maximum atomic E-state index is 13.7. The van der Waals surface area contributed by atoms with Crippen LogP contribution in [0.1, 0.15) is 57.1 Å². The fraction of sp³-hybridized carbons (Fsp3) is 0.684. The smallest absolute Gasteiger partial charge is 0.123 e. The van der Waals surface area contributed by atoms with Crippen LogP contribution in [-0.2, 0) is 0 Å². The molecule has 0 amide bonds. The molecule has 1 aromatic carbocycles. The Hall–Kier alpha value is -0.890. The molecule has 4 aliphatic carbocycles. The highest BCUT2D eigenvalue weighted by Crippen LogP contribution is 2.68. The Morgan fingerprint density at radius 2 is 1.90 bits per heavy atom. The molecule has 4 fully saturated rings. The van der Waals surface area contributed by atoms with Gasteiger partial charge in [-0.1, -0.05) is 19.1 Å². The van der Waals surface area contributed by atoms with Gasteiger partial charge in [0, 0.05) is 6.04 Å². The molecule has 0 radical (unpaired) electrons. The molecule has 4 saturated carbocycles. The number of halogens is 1. The number of benzene rings is 1. The van der Waals surface area contributed by atoms with Crippen LogP contribution in [-0.4, -0.2) is 7.05 Å². The molecule has 3 atom stereocenters. The Morgan fingerprint density at radius 1 is 1.19 bits per heavy atom. The molecule has 2 heteroatoms. The highest BCUT2D eigenvalue weighted by Gasteiger charge is 2.58. The van der Waals surface area contributed by atoms with Crippen molar-refractivity contribution in [1.29, 1.82) is 0 Å². The Kier molecular flexibility index (Phi) is 2.98. The van der Waals surface area contributed by atoms with Gasteiger partial charge in [0.15, 0.2) is 0 Å². The third-order valence-corrected chi connectivity index (χ3v) is 6.48. The largest absolute Gasteiger partial charge is 0.313 e. The maximum absolute atomic E-state index is 13.7. The zero-order valence-electron chi connectivity index (χ0n) is 13.2.